The SMILES string of the molecule is O=C(CC[N+](=O)[O-])CC(F)(F)F. The van der Waals surface area contributed by atoms with Crippen LogP contribution >= 0.6 is 0 Å². The fraction of sp³-hybridized carbons (Fsp3) is 0.800. The Hall–Kier alpha value is -1.14. The van der Waals surface area contributed by atoms with E-state index in [1.807, 2.05) is 0 Å². The maximum atomic E-state index is 11.4. The first-order valence-electron chi connectivity index (χ1n) is 3.01. The van der Waals surface area contributed by atoms with E-state index in [0.29, 0.717) is 0 Å². The summed E-state index contributed by atoms with van der Waals surface area (Å²) in [7, 11) is 0. The zero-order chi connectivity index (χ0) is 9.78. The number of nitro groups is 1. The van der Waals surface area contributed by atoms with Gasteiger partial charge in [-0.2, -0.15) is 13.2 Å². The molecule has 0 rings (SSSR count). The van der Waals surface area contributed by atoms with Crippen LogP contribution in [0.25, 0.3) is 0 Å². The Labute approximate surface area is 65.5 Å². The van der Waals surface area contributed by atoms with Crippen molar-refractivity contribution in [3.8, 4) is 0 Å². The molecule has 0 saturated carbocycles. The standard InChI is InChI=1S/C5H6F3NO3/c6-5(7,8)3-4(10)1-2-9(11)12/h1-3H2. The van der Waals surface area contributed by atoms with Gasteiger partial charge in [-0.1, -0.05) is 0 Å². The van der Waals surface area contributed by atoms with E-state index in [1.165, 1.54) is 0 Å². The number of Topliss-reactive ketones (excluding diaryl/α,β-unsaturated/α-hetero) is 1. The average molecular weight is 185 g/mol. The van der Waals surface area contributed by atoms with Crippen molar-refractivity contribution in [2.75, 3.05) is 6.54 Å². The third kappa shape index (κ3) is 6.97. The molecule has 0 saturated heterocycles. The molecule has 0 aliphatic rings. The van der Waals surface area contributed by atoms with Crippen LogP contribution in [0.2, 0.25) is 0 Å². The highest BCUT2D eigenvalue weighted by Crippen LogP contribution is 2.20. The summed E-state index contributed by atoms with van der Waals surface area (Å²) < 4.78 is 34.3. The minimum Gasteiger partial charge on any atom is -0.299 e. The molecule has 0 amide bonds. The fourth-order valence-corrected chi connectivity index (χ4v) is 0.528. The van der Waals surface area contributed by atoms with Gasteiger partial charge < -0.3 is 0 Å². The molecule has 0 heterocycles. The minimum atomic E-state index is -4.56. The summed E-state index contributed by atoms with van der Waals surface area (Å²) in [6, 6.07) is 0. The van der Waals surface area contributed by atoms with E-state index in [4.69, 9.17) is 0 Å². The van der Waals surface area contributed by atoms with Crippen LogP contribution in [-0.4, -0.2) is 23.4 Å². The molecule has 7 heteroatoms. The molecule has 0 aromatic rings. The zero-order valence-corrected chi connectivity index (χ0v) is 5.93. The van der Waals surface area contributed by atoms with Gasteiger partial charge in [0.25, 0.3) is 0 Å². The number of carbonyl (C=O) groups excluding carboxylic acids is 1. The molecule has 0 aliphatic heterocycles. The lowest BCUT2D eigenvalue weighted by Gasteiger charge is -2.02. The summed E-state index contributed by atoms with van der Waals surface area (Å²) >= 11 is 0. The molecule has 0 aliphatic carbocycles. The molecule has 0 N–H and O–H groups in total. The summed E-state index contributed by atoms with van der Waals surface area (Å²) in [6.45, 7) is -0.741. The largest absolute Gasteiger partial charge is 0.395 e. The number of rotatable bonds is 4. The maximum Gasteiger partial charge on any atom is 0.395 e. The smallest absolute Gasteiger partial charge is 0.299 e. The van der Waals surface area contributed by atoms with E-state index < -0.39 is 36.3 Å². The molecule has 0 aromatic carbocycles. The summed E-state index contributed by atoms with van der Waals surface area (Å²) in [5.74, 6) is -1.15. The topological polar surface area (TPSA) is 60.2 Å². The lowest BCUT2D eigenvalue weighted by atomic mass is 10.2. The first-order chi connectivity index (χ1) is 5.31. The zero-order valence-electron chi connectivity index (χ0n) is 5.93. The molecule has 12 heavy (non-hydrogen) atoms. The van der Waals surface area contributed by atoms with Gasteiger partial charge in [0, 0.05) is 4.92 Å². The summed E-state index contributed by atoms with van der Waals surface area (Å²) in [5, 5.41) is 9.64. The van der Waals surface area contributed by atoms with Crippen LogP contribution in [0.5, 0.6) is 0 Å². The van der Waals surface area contributed by atoms with E-state index in [1.54, 1.807) is 0 Å². The van der Waals surface area contributed by atoms with Gasteiger partial charge in [0.2, 0.25) is 6.54 Å². The maximum absolute atomic E-state index is 11.4. The summed E-state index contributed by atoms with van der Waals surface area (Å²) in [5.41, 5.74) is 0. The fourth-order valence-electron chi connectivity index (χ4n) is 0.528. The van der Waals surface area contributed by atoms with Crippen molar-refractivity contribution < 1.29 is 22.9 Å². The van der Waals surface area contributed by atoms with Crippen molar-refractivity contribution in [3.63, 3.8) is 0 Å². The lowest BCUT2D eigenvalue weighted by Crippen LogP contribution is -2.17. The van der Waals surface area contributed by atoms with Crippen LogP contribution in [0.3, 0.4) is 0 Å². The van der Waals surface area contributed by atoms with Gasteiger partial charge in [0.1, 0.15) is 12.2 Å². The molecule has 70 valence electrons. The van der Waals surface area contributed by atoms with E-state index in [-0.39, 0.29) is 0 Å². The van der Waals surface area contributed by atoms with Crippen molar-refractivity contribution in [2.45, 2.75) is 19.0 Å². The van der Waals surface area contributed by atoms with E-state index in [9.17, 15) is 28.1 Å². The summed E-state index contributed by atoms with van der Waals surface area (Å²) in [6.07, 6.45) is -6.80. The summed E-state index contributed by atoms with van der Waals surface area (Å²) in [4.78, 5) is 19.2. The van der Waals surface area contributed by atoms with Gasteiger partial charge in [-0.15, -0.1) is 0 Å². The highest BCUT2D eigenvalue weighted by molar-refractivity contribution is 5.79. The Kier molecular flexibility index (Phi) is 3.65. The molecule has 0 spiro atoms. The molecular formula is C5H6F3NO3. The van der Waals surface area contributed by atoms with Gasteiger partial charge in [0.15, 0.2) is 0 Å². The van der Waals surface area contributed by atoms with Crippen LogP contribution in [0.4, 0.5) is 13.2 Å². The molecule has 0 aromatic heterocycles. The number of alkyl halides is 3. The van der Waals surface area contributed by atoms with Gasteiger partial charge in [0.05, 0.1) is 6.42 Å². The molecule has 0 atom stereocenters. The van der Waals surface area contributed by atoms with Crippen molar-refractivity contribution >= 4 is 5.78 Å². The van der Waals surface area contributed by atoms with Gasteiger partial charge in [-0.3, -0.25) is 14.9 Å². The molecule has 0 fully saturated rings. The number of nitrogens with zero attached hydrogens (tertiary/aromatic N) is 1. The average Bonchev–Trinajstić information content (AvgIpc) is 1.79. The third-order valence-corrected chi connectivity index (χ3v) is 0.971. The van der Waals surface area contributed by atoms with Crippen molar-refractivity contribution in [1.82, 2.24) is 0 Å². The quantitative estimate of drug-likeness (QED) is 0.488. The van der Waals surface area contributed by atoms with Crippen LogP contribution in [0, 0.1) is 10.1 Å². The Balaban J connectivity index is 3.68. The van der Waals surface area contributed by atoms with Crippen LogP contribution in [0.15, 0.2) is 0 Å². The predicted molar refractivity (Wildman–Crippen MR) is 32.2 cm³/mol. The first-order valence-corrected chi connectivity index (χ1v) is 3.01. The number of carbonyl (C=O) groups is 1. The third-order valence-electron chi connectivity index (χ3n) is 0.971. The van der Waals surface area contributed by atoms with Crippen molar-refractivity contribution in [1.29, 1.82) is 0 Å². The number of hydrogen-bond donors (Lipinski definition) is 0. The van der Waals surface area contributed by atoms with Gasteiger partial charge in [-0.25, -0.2) is 0 Å². The second-order valence-electron chi connectivity index (χ2n) is 2.14. The minimum absolute atomic E-state index is 0.660. The van der Waals surface area contributed by atoms with E-state index in [2.05, 4.69) is 0 Å². The van der Waals surface area contributed by atoms with Crippen molar-refractivity contribution in [3.05, 3.63) is 10.1 Å². The molecule has 0 radical (unpaired) electrons. The number of ketones is 1. The molecule has 0 unspecified atom stereocenters. The molecular weight excluding hydrogens is 179 g/mol. The monoisotopic (exact) mass is 185 g/mol. The second kappa shape index (κ2) is 4.03. The molecule has 0 bridgehead atoms. The van der Waals surface area contributed by atoms with Crippen molar-refractivity contribution in [2.24, 2.45) is 0 Å². The normalized spacial score (nSPS) is 11.2. The first kappa shape index (κ1) is 10.9. The second-order valence-corrected chi connectivity index (χ2v) is 2.14. The van der Waals surface area contributed by atoms with Gasteiger partial charge in [-0.05, 0) is 0 Å². The highest BCUT2D eigenvalue weighted by atomic mass is 19.4. The molecule has 4 nitrogen and oxygen atoms in total. The Morgan fingerprint density at radius 3 is 2.25 bits per heavy atom. The van der Waals surface area contributed by atoms with E-state index >= 15 is 0 Å². The highest BCUT2D eigenvalue weighted by Gasteiger charge is 2.31. The van der Waals surface area contributed by atoms with Gasteiger partial charge >= 0.3 is 6.18 Å². The van der Waals surface area contributed by atoms with E-state index in [0.717, 1.165) is 0 Å². The number of halogens is 3. The van der Waals surface area contributed by atoms with Crippen LogP contribution in [0.1, 0.15) is 12.8 Å². The predicted octanol–water partition coefficient (Wildman–Crippen LogP) is 1.17. The lowest BCUT2D eigenvalue weighted by molar-refractivity contribution is -0.478. The van der Waals surface area contributed by atoms with Crippen LogP contribution < -0.4 is 0 Å². The number of hydrogen-bond acceptors (Lipinski definition) is 3. The Bertz CT molecular complexity index is 189. The van der Waals surface area contributed by atoms with Crippen LogP contribution in [-0.2, 0) is 4.79 Å². The Morgan fingerprint density at radius 1 is 1.42 bits per heavy atom. The Morgan fingerprint density at radius 2 is 1.92 bits per heavy atom.